The normalized spacial score (nSPS) is 33.9. The van der Waals surface area contributed by atoms with Crippen LogP contribution in [0.4, 0.5) is 0 Å². The van der Waals surface area contributed by atoms with Gasteiger partial charge in [-0.3, -0.25) is 14.4 Å². The highest BCUT2D eigenvalue weighted by atomic mass is 16.3. The largest absolute Gasteiger partial charge is 0.508 e. The lowest BCUT2D eigenvalue weighted by atomic mass is 9.56. The molecule has 1 fully saturated rings. The summed E-state index contributed by atoms with van der Waals surface area (Å²) in [5.74, 6) is -7.61. The van der Waals surface area contributed by atoms with Crippen molar-refractivity contribution in [3.05, 3.63) is 46.2 Å². The lowest BCUT2D eigenvalue weighted by Crippen LogP contribution is -2.60. The van der Waals surface area contributed by atoms with Crippen LogP contribution in [0.25, 0.3) is 5.76 Å². The second-order valence-electron chi connectivity index (χ2n) is 7.91. The Morgan fingerprint density at radius 2 is 1.83 bits per heavy atom. The summed E-state index contributed by atoms with van der Waals surface area (Å²) in [7, 11) is 0. The van der Waals surface area contributed by atoms with E-state index in [2.05, 4.69) is 0 Å². The molecule has 3 aliphatic rings. The highest BCUT2D eigenvalue weighted by Crippen LogP contribution is 2.56. The minimum Gasteiger partial charge on any atom is -0.508 e. The second-order valence-corrected chi connectivity index (χ2v) is 7.91. The first-order valence-corrected chi connectivity index (χ1v) is 8.96. The van der Waals surface area contributed by atoms with Crippen LogP contribution in [0, 0.1) is 11.8 Å². The number of Topliss-reactive ketones (excluding diaryl/α,β-unsaturated/α-hetero) is 2. The van der Waals surface area contributed by atoms with Crippen LogP contribution in [0.15, 0.2) is 35.1 Å². The molecule has 1 aromatic rings. The maximum Gasteiger partial charge on any atom is 0.255 e. The van der Waals surface area contributed by atoms with E-state index in [0.717, 1.165) is 0 Å². The number of nitrogens with two attached hydrogens (primary N) is 1. The van der Waals surface area contributed by atoms with Crippen LogP contribution in [-0.2, 0) is 20.0 Å². The van der Waals surface area contributed by atoms with Crippen molar-refractivity contribution < 1.29 is 39.9 Å². The third kappa shape index (κ3) is 2.19. The van der Waals surface area contributed by atoms with E-state index in [1.54, 1.807) is 0 Å². The number of phenols is 1. The molecule has 4 atom stereocenters. The Bertz CT molecular complexity index is 1070. The molecule has 7 N–H and O–H groups in total. The summed E-state index contributed by atoms with van der Waals surface area (Å²) < 4.78 is 0. The Kier molecular flexibility index (Phi) is 3.75. The Labute approximate surface area is 164 Å². The molecule has 0 unspecified atom stereocenters. The minimum absolute atomic E-state index is 0.147. The topological polar surface area (TPSA) is 178 Å². The van der Waals surface area contributed by atoms with Crippen LogP contribution in [-0.4, -0.2) is 48.6 Å². The number of primary amides is 1. The standard InChI is InChI=1S/C20H19NO8/c1-19(28)8-3-2-4-10(22)12(8)15(24)13-9(19)5-7-6-11(23)14(18(21)27)17(26)20(7,29)16(13)25/h2-4,7,9,22,24,26,28-29H,5-6H2,1H3,(H2,21,27)/t7-,9-,19+,20+/m0/s1. The van der Waals surface area contributed by atoms with Gasteiger partial charge in [-0.15, -0.1) is 0 Å². The van der Waals surface area contributed by atoms with Crippen LogP contribution in [0.1, 0.15) is 30.9 Å². The third-order valence-corrected chi connectivity index (χ3v) is 6.36. The highest BCUT2D eigenvalue weighted by Gasteiger charge is 2.63. The molecule has 0 heterocycles. The van der Waals surface area contributed by atoms with Crippen molar-refractivity contribution in [2.24, 2.45) is 17.6 Å². The summed E-state index contributed by atoms with van der Waals surface area (Å²) in [6.45, 7) is 1.40. The fourth-order valence-electron chi connectivity index (χ4n) is 4.87. The molecule has 0 radical (unpaired) electrons. The fourth-order valence-corrected chi connectivity index (χ4v) is 4.87. The molecule has 152 valence electrons. The maximum atomic E-state index is 13.3. The highest BCUT2D eigenvalue weighted by molar-refractivity contribution is 6.22. The van der Waals surface area contributed by atoms with Gasteiger partial charge in [-0.05, 0) is 25.0 Å². The number of aliphatic hydroxyl groups is 4. The fraction of sp³-hybridized carbons (Fsp3) is 0.350. The number of rotatable bonds is 1. The van der Waals surface area contributed by atoms with Crippen molar-refractivity contribution in [2.75, 3.05) is 0 Å². The molecule has 1 saturated carbocycles. The van der Waals surface area contributed by atoms with Gasteiger partial charge in [0, 0.05) is 23.8 Å². The van der Waals surface area contributed by atoms with E-state index in [1.807, 2.05) is 0 Å². The zero-order valence-electron chi connectivity index (χ0n) is 15.3. The lowest BCUT2D eigenvalue weighted by molar-refractivity contribution is -0.152. The Balaban J connectivity index is 2.01. The van der Waals surface area contributed by atoms with Crippen molar-refractivity contribution in [1.82, 2.24) is 0 Å². The number of hydrogen-bond acceptors (Lipinski definition) is 8. The number of aliphatic hydroxyl groups excluding tert-OH is 2. The minimum atomic E-state index is -2.66. The molecular formula is C20H19NO8. The number of carbonyl (C=O) groups excluding carboxylic acids is 3. The average molecular weight is 401 g/mol. The van der Waals surface area contributed by atoms with Gasteiger partial charge in [0.25, 0.3) is 5.91 Å². The summed E-state index contributed by atoms with van der Waals surface area (Å²) >= 11 is 0. The number of hydrogen-bond donors (Lipinski definition) is 6. The van der Waals surface area contributed by atoms with Gasteiger partial charge < -0.3 is 31.3 Å². The molecule has 1 amide bonds. The predicted molar refractivity (Wildman–Crippen MR) is 97.3 cm³/mol. The summed E-state index contributed by atoms with van der Waals surface area (Å²) in [6, 6.07) is 4.22. The SMILES string of the molecule is C[C@@]1(O)c2cccc(O)c2C(O)=C2C(=O)[C@@]3(O)C(O)=C(C(N)=O)C(=O)C[C@@H]3C[C@@H]21. The number of aromatic hydroxyl groups is 1. The van der Waals surface area contributed by atoms with E-state index >= 15 is 0 Å². The van der Waals surface area contributed by atoms with Gasteiger partial charge in [-0.2, -0.15) is 0 Å². The van der Waals surface area contributed by atoms with Crippen LogP contribution in [0.5, 0.6) is 5.75 Å². The number of fused-ring (bicyclic) bond motifs is 3. The molecule has 4 rings (SSSR count). The maximum absolute atomic E-state index is 13.3. The molecule has 29 heavy (non-hydrogen) atoms. The van der Waals surface area contributed by atoms with Crippen LogP contribution >= 0.6 is 0 Å². The van der Waals surface area contributed by atoms with Gasteiger partial charge in [-0.25, -0.2) is 0 Å². The van der Waals surface area contributed by atoms with Crippen molar-refractivity contribution in [2.45, 2.75) is 31.0 Å². The van der Waals surface area contributed by atoms with Gasteiger partial charge in [0.15, 0.2) is 11.4 Å². The van der Waals surface area contributed by atoms with Crippen LogP contribution < -0.4 is 5.73 Å². The molecule has 0 aromatic heterocycles. The van der Waals surface area contributed by atoms with E-state index in [-0.39, 0.29) is 23.3 Å². The van der Waals surface area contributed by atoms with E-state index in [4.69, 9.17) is 5.73 Å². The van der Waals surface area contributed by atoms with Gasteiger partial charge in [0.1, 0.15) is 22.8 Å². The first-order chi connectivity index (χ1) is 13.4. The van der Waals surface area contributed by atoms with Crippen molar-refractivity contribution >= 4 is 23.2 Å². The number of phenolic OH excluding ortho intramolecular Hbond substituents is 1. The third-order valence-electron chi connectivity index (χ3n) is 6.36. The molecule has 0 saturated heterocycles. The molecule has 0 bridgehead atoms. The Hall–Kier alpha value is -3.17. The van der Waals surface area contributed by atoms with E-state index in [1.165, 1.54) is 25.1 Å². The first-order valence-electron chi connectivity index (χ1n) is 8.96. The van der Waals surface area contributed by atoms with Gasteiger partial charge in [0.2, 0.25) is 5.78 Å². The molecule has 3 aliphatic carbocycles. The summed E-state index contributed by atoms with van der Waals surface area (Å²) in [6.07, 6.45) is -0.594. The summed E-state index contributed by atoms with van der Waals surface area (Å²) in [5, 5.41) is 53.7. The van der Waals surface area contributed by atoms with Crippen molar-refractivity contribution in [1.29, 1.82) is 0 Å². The van der Waals surface area contributed by atoms with Crippen molar-refractivity contribution in [3.8, 4) is 5.75 Å². The number of carbonyl (C=O) groups is 3. The molecule has 0 spiro atoms. The van der Waals surface area contributed by atoms with Gasteiger partial charge in [0.05, 0.1) is 11.2 Å². The lowest BCUT2D eigenvalue weighted by Gasteiger charge is -2.50. The van der Waals surface area contributed by atoms with E-state index in [9.17, 15) is 39.9 Å². The van der Waals surface area contributed by atoms with Gasteiger partial charge >= 0.3 is 0 Å². The molecule has 1 aromatic carbocycles. The zero-order valence-corrected chi connectivity index (χ0v) is 15.3. The zero-order chi connectivity index (χ0) is 21.5. The second kappa shape index (κ2) is 5.68. The number of ketones is 2. The molecule has 9 heteroatoms. The van der Waals surface area contributed by atoms with E-state index in [0.29, 0.717) is 0 Å². The molecular weight excluding hydrogens is 382 g/mol. The number of amides is 1. The first kappa shape index (κ1) is 19.2. The molecule has 0 aliphatic heterocycles. The molecule has 9 nitrogen and oxygen atoms in total. The smallest absolute Gasteiger partial charge is 0.255 e. The van der Waals surface area contributed by atoms with Crippen LogP contribution in [0.3, 0.4) is 0 Å². The monoisotopic (exact) mass is 401 g/mol. The number of benzene rings is 1. The van der Waals surface area contributed by atoms with Gasteiger partial charge in [-0.1, -0.05) is 12.1 Å². The van der Waals surface area contributed by atoms with Crippen molar-refractivity contribution in [3.63, 3.8) is 0 Å². The quantitative estimate of drug-likeness (QED) is 0.358. The van der Waals surface area contributed by atoms with Crippen LogP contribution in [0.2, 0.25) is 0 Å². The summed E-state index contributed by atoms with van der Waals surface area (Å²) in [4.78, 5) is 37.2. The summed E-state index contributed by atoms with van der Waals surface area (Å²) in [5.41, 5.74) is -0.491. The Morgan fingerprint density at radius 1 is 1.17 bits per heavy atom. The Morgan fingerprint density at radius 3 is 2.45 bits per heavy atom. The average Bonchev–Trinajstić information content (AvgIpc) is 2.62. The van der Waals surface area contributed by atoms with E-state index < -0.39 is 69.6 Å². The predicted octanol–water partition coefficient (Wildman–Crippen LogP) is 0.0889.